The van der Waals surface area contributed by atoms with Crippen molar-refractivity contribution in [2.45, 2.75) is 236 Å². The third-order valence-corrected chi connectivity index (χ3v) is 14.4. The maximum atomic E-state index is 13.9. The van der Waals surface area contributed by atoms with E-state index in [1.165, 1.54) is 13.8 Å². The van der Waals surface area contributed by atoms with Gasteiger partial charge >= 0.3 is 31.7 Å². The molecule has 3 heterocycles. The van der Waals surface area contributed by atoms with Gasteiger partial charge in [-0.05, 0) is 32.6 Å². The second-order valence-electron chi connectivity index (χ2n) is 20.7. The molecule has 3 aliphatic rings. The number of hydrogen-bond acceptors (Lipinski definition) is 28. The minimum atomic E-state index is -5.55. The molecule has 19 atom stereocenters. The van der Waals surface area contributed by atoms with Crippen LogP contribution in [0.3, 0.4) is 0 Å². The van der Waals surface area contributed by atoms with Crippen molar-refractivity contribution in [3.05, 3.63) is 0 Å². The van der Waals surface area contributed by atoms with E-state index in [0.29, 0.717) is 0 Å². The lowest BCUT2D eigenvalue weighted by molar-refractivity contribution is -0.304. The fraction of sp³-hybridized carbons (Fsp3) is 0.868. The fourth-order valence-corrected chi connectivity index (χ4v) is 9.39. The van der Waals surface area contributed by atoms with E-state index in [9.17, 15) is 83.7 Å². The van der Waals surface area contributed by atoms with Gasteiger partial charge in [0.25, 0.3) is 0 Å². The number of amides is 3. The summed E-state index contributed by atoms with van der Waals surface area (Å²) in [6, 6.07) is -3.46. The summed E-state index contributed by atoms with van der Waals surface area (Å²) in [5.41, 5.74) is 0. The lowest BCUT2D eigenvalue weighted by atomic mass is 9.95. The topological polar surface area (TPSA) is 475 Å². The number of rotatable bonds is 40. The van der Waals surface area contributed by atoms with Crippen LogP contribution in [-0.4, -0.2) is 263 Å². The maximum absolute atomic E-state index is 13.9. The Kier molecular flexibility index (Phi) is 35.3. The number of nitrogens with one attached hydrogen (secondary N) is 3. The molecule has 0 aliphatic carbocycles. The van der Waals surface area contributed by atoms with E-state index >= 15 is 0 Å². The zero-order valence-electron chi connectivity index (χ0n) is 50.2. The van der Waals surface area contributed by atoms with Crippen molar-refractivity contribution in [1.29, 1.82) is 0 Å². The first-order valence-corrected chi connectivity index (χ1v) is 30.8. The SMILES string of the molecule is CCC(=O)O[C@H](CC)CC(=O)NC1C(OC(=O)C[C@H](O)CC)[C@H](O)C(CO[C@@H]2OC(CO)[C@@H](OP(=O)(O)O)C(OC(=O)C[C@H](O)CC)C2NC(=O)C[C@@H](CC)OC(=O)CC)O[C@H]1OCCNC(=O)CCOCCOCCO[C@H]1OC(C)[C@H](O)C(O)C1O. The van der Waals surface area contributed by atoms with Gasteiger partial charge in [0.1, 0.15) is 67.0 Å². The Bertz CT molecular complexity index is 2150. The molecule has 0 bridgehead atoms. The summed E-state index contributed by atoms with van der Waals surface area (Å²) >= 11 is 0. The van der Waals surface area contributed by atoms with Crippen LogP contribution in [0.15, 0.2) is 0 Å². The zero-order valence-corrected chi connectivity index (χ0v) is 51.1. The Morgan fingerprint density at radius 3 is 1.54 bits per heavy atom. The lowest BCUT2D eigenvalue weighted by Gasteiger charge is -2.47. The molecule has 0 aromatic heterocycles. The number of esters is 4. The second-order valence-corrected chi connectivity index (χ2v) is 21.9. The van der Waals surface area contributed by atoms with Crippen molar-refractivity contribution in [2.24, 2.45) is 0 Å². The van der Waals surface area contributed by atoms with Crippen LogP contribution in [0, 0.1) is 0 Å². The highest BCUT2D eigenvalue weighted by Crippen LogP contribution is 2.42. The van der Waals surface area contributed by atoms with E-state index < -0.39 is 211 Å². The first-order chi connectivity index (χ1) is 41.2. The monoisotopic (exact) mass is 1280 g/mol. The number of carbonyl (C=O) groups is 7. The van der Waals surface area contributed by atoms with Crippen molar-refractivity contribution in [2.75, 3.05) is 59.4 Å². The molecule has 0 spiro atoms. The van der Waals surface area contributed by atoms with E-state index in [2.05, 4.69) is 16.0 Å². The van der Waals surface area contributed by atoms with E-state index in [1.807, 2.05) is 0 Å². The number of aliphatic hydroxyl groups excluding tert-OH is 7. The van der Waals surface area contributed by atoms with Crippen molar-refractivity contribution >= 4 is 49.4 Å². The molecule has 3 fully saturated rings. The Hall–Kier alpha value is -4.20. The van der Waals surface area contributed by atoms with Gasteiger partial charge in [-0.1, -0.05) is 41.5 Å². The Labute approximate surface area is 504 Å². The van der Waals surface area contributed by atoms with Crippen LogP contribution < -0.4 is 16.0 Å². The van der Waals surface area contributed by atoms with E-state index in [4.69, 9.17) is 61.4 Å². The van der Waals surface area contributed by atoms with Crippen molar-refractivity contribution in [1.82, 2.24) is 16.0 Å². The zero-order chi connectivity index (χ0) is 65.0. The smallest absolute Gasteiger partial charge is 0.462 e. The van der Waals surface area contributed by atoms with Gasteiger partial charge in [0, 0.05) is 25.8 Å². The normalized spacial score (nSPS) is 28.9. The number of ether oxygens (including phenoxy) is 12. The van der Waals surface area contributed by atoms with Crippen molar-refractivity contribution in [3.8, 4) is 0 Å². The standard InChI is InChI=1S/C53H92N3O30P/c1-8-29(58)22-40(65)84-49-42(55-36(61)24-31(10-3)80-38(63)12-5)51(76-17-15-54-35(60)14-16-74-18-19-75-20-21-77-53-47(70)46(69)44(67)28(7)79-53)83-34(45(49)68)27-78-52-43(56-37(62)25-32(11-4)81-39(64)13-6)50(85-41(66)23-30(59)9-2)48(33(26-57)82-52)86-87(71,72)73/h28-34,42-53,57-59,67-70H,8-27H2,1-7H3,(H,54,60)(H,55,61)(H,56,62)(H2,71,72,73)/t28?,29-,30-,31-,32-,33?,34?,42?,43?,44+,45-,46?,47?,48-,49?,50?,51-,52-,53+/m1/s1. The molecule has 34 heteroatoms. The molecular formula is C53H92N3O30P. The Morgan fingerprint density at radius 2 is 1.02 bits per heavy atom. The molecule has 12 N–H and O–H groups in total. The fourth-order valence-electron chi connectivity index (χ4n) is 8.82. The maximum Gasteiger partial charge on any atom is 0.470 e. The van der Waals surface area contributed by atoms with Gasteiger partial charge in [-0.3, -0.25) is 38.1 Å². The highest BCUT2D eigenvalue weighted by atomic mass is 31.2. The molecule has 33 nitrogen and oxygen atoms in total. The molecule has 3 aliphatic heterocycles. The Morgan fingerprint density at radius 1 is 0.529 bits per heavy atom. The van der Waals surface area contributed by atoms with Gasteiger partial charge in [0.15, 0.2) is 31.1 Å². The molecule has 504 valence electrons. The molecule has 3 rings (SSSR count). The number of aliphatic hydroxyl groups is 7. The molecular weight excluding hydrogens is 1190 g/mol. The van der Waals surface area contributed by atoms with Gasteiger partial charge in [0.05, 0.1) is 96.9 Å². The Balaban J connectivity index is 1.92. The molecule has 9 unspecified atom stereocenters. The first kappa shape index (κ1) is 77.0. The van der Waals surface area contributed by atoms with E-state index in [-0.39, 0.29) is 84.5 Å². The van der Waals surface area contributed by atoms with Crippen LogP contribution in [0.4, 0.5) is 0 Å². The number of carbonyl (C=O) groups excluding carboxylic acids is 7. The average Bonchev–Trinajstić information content (AvgIpc) is 1.65. The van der Waals surface area contributed by atoms with Gasteiger partial charge in [-0.25, -0.2) is 4.57 Å². The summed E-state index contributed by atoms with van der Waals surface area (Å²) in [6.07, 6.45) is -27.7. The predicted molar refractivity (Wildman–Crippen MR) is 292 cm³/mol. The highest BCUT2D eigenvalue weighted by Gasteiger charge is 2.54. The minimum absolute atomic E-state index is 0.00499. The van der Waals surface area contributed by atoms with Crippen LogP contribution in [0.1, 0.15) is 119 Å². The second kappa shape index (κ2) is 39.8. The van der Waals surface area contributed by atoms with Crippen molar-refractivity contribution < 1.29 is 145 Å². The van der Waals surface area contributed by atoms with Crippen LogP contribution >= 0.6 is 7.82 Å². The quantitative estimate of drug-likeness (QED) is 0.0126. The third kappa shape index (κ3) is 27.0. The highest BCUT2D eigenvalue weighted by molar-refractivity contribution is 7.46. The minimum Gasteiger partial charge on any atom is -0.462 e. The molecule has 3 saturated heterocycles. The number of phosphoric ester groups is 1. The van der Waals surface area contributed by atoms with Gasteiger partial charge in [-0.2, -0.15) is 0 Å². The lowest BCUT2D eigenvalue weighted by Crippen LogP contribution is -2.68. The van der Waals surface area contributed by atoms with Gasteiger partial charge in [-0.15, -0.1) is 0 Å². The summed E-state index contributed by atoms with van der Waals surface area (Å²) < 4.78 is 85.7. The van der Waals surface area contributed by atoms with Gasteiger partial charge < -0.3 is 118 Å². The summed E-state index contributed by atoms with van der Waals surface area (Å²) in [6.45, 7) is 8.53. The van der Waals surface area contributed by atoms with Crippen LogP contribution in [0.5, 0.6) is 0 Å². The van der Waals surface area contributed by atoms with E-state index in [1.54, 1.807) is 34.6 Å². The predicted octanol–water partition coefficient (Wildman–Crippen LogP) is -2.96. The third-order valence-electron chi connectivity index (χ3n) is 13.9. The molecule has 0 radical (unpaired) electrons. The number of phosphoric acid groups is 1. The summed E-state index contributed by atoms with van der Waals surface area (Å²) in [5, 5.41) is 81.1. The molecule has 0 saturated carbocycles. The summed E-state index contributed by atoms with van der Waals surface area (Å²) in [4.78, 5) is 112. The molecule has 3 amide bonds. The van der Waals surface area contributed by atoms with Crippen LogP contribution in [-0.2, 0) is 99.5 Å². The summed E-state index contributed by atoms with van der Waals surface area (Å²) in [5.74, 6) is -5.72. The van der Waals surface area contributed by atoms with E-state index in [0.717, 1.165) is 0 Å². The molecule has 87 heavy (non-hydrogen) atoms. The van der Waals surface area contributed by atoms with Crippen molar-refractivity contribution in [3.63, 3.8) is 0 Å². The average molecular weight is 1280 g/mol. The molecule has 0 aromatic rings. The van der Waals surface area contributed by atoms with Gasteiger partial charge in [0.2, 0.25) is 17.7 Å². The first-order valence-electron chi connectivity index (χ1n) is 29.3. The van der Waals surface area contributed by atoms with Crippen LogP contribution in [0.2, 0.25) is 0 Å². The summed E-state index contributed by atoms with van der Waals surface area (Å²) in [7, 11) is -5.55. The largest absolute Gasteiger partial charge is 0.470 e. The number of hydrogen-bond donors (Lipinski definition) is 12. The van der Waals surface area contributed by atoms with Crippen LogP contribution in [0.25, 0.3) is 0 Å². The molecule has 0 aromatic carbocycles.